The minimum Gasteiger partial charge on any atom is -0.486 e. The van der Waals surface area contributed by atoms with Crippen LogP contribution in [0.3, 0.4) is 0 Å². The molecule has 0 radical (unpaired) electrons. The second kappa shape index (κ2) is 10.5. The summed E-state index contributed by atoms with van der Waals surface area (Å²) in [6.07, 6.45) is 9.01. The van der Waals surface area contributed by atoms with Gasteiger partial charge in [-0.1, -0.05) is 45.1 Å². The predicted octanol–water partition coefficient (Wildman–Crippen LogP) is 3.46. The van der Waals surface area contributed by atoms with Gasteiger partial charge in [-0.2, -0.15) is 0 Å². The average Bonchev–Trinajstić information content (AvgIpc) is 2.56. The molecule has 0 aliphatic carbocycles. The van der Waals surface area contributed by atoms with Crippen molar-refractivity contribution in [3.05, 3.63) is 23.8 Å². The molecule has 1 aromatic carbocycles. The summed E-state index contributed by atoms with van der Waals surface area (Å²) in [6.45, 7) is 5.53. The van der Waals surface area contributed by atoms with Crippen molar-refractivity contribution in [1.29, 1.82) is 0 Å². The normalized spacial score (nSPS) is 13.3. The fourth-order valence-electron chi connectivity index (χ4n) is 2.62. The van der Waals surface area contributed by atoms with Crippen molar-refractivity contribution in [3.8, 4) is 11.5 Å². The minimum atomic E-state index is 0.647. The Labute approximate surface area is 134 Å². The Kier molecular flexibility index (Phi) is 8.13. The van der Waals surface area contributed by atoms with E-state index in [2.05, 4.69) is 29.9 Å². The molecule has 4 heteroatoms. The van der Waals surface area contributed by atoms with Gasteiger partial charge >= 0.3 is 0 Å². The van der Waals surface area contributed by atoms with E-state index in [9.17, 15) is 0 Å². The first kappa shape index (κ1) is 17.1. The van der Waals surface area contributed by atoms with Crippen LogP contribution in [0.2, 0.25) is 0 Å². The van der Waals surface area contributed by atoms with Gasteiger partial charge in [-0.25, -0.2) is 0 Å². The van der Waals surface area contributed by atoms with E-state index in [1.165, 1.54) is 44.1 Å². The zero-order valence-electron chi connectivity index (χ0n) is 13.8. The molecule has 1 aliphatic heterocycles. The Morgan fingerprint density at radius 3 is 2.45 bits per heavy atom. The molecule has 0 bridgehead atoms. The highest BCUT2D eigenvalue weighted by Crippen LogP contribution is 2.30. The van der Waals surface area contributed by atoms with Gasteiger partial charge in [-0.05, 0) is 30.5 Å². The first-order valence-electron chi connectivity index (χ1n) is 8.74. The van der Waals surface area contributed by atoms with Gasteiger partial charge in [-0.3, -0.25) is 10.9 Å². The molecule has 4 nitrogen and oxygen atoms in total. The summed E-state index contributed by atoms with van der Waals surface area (Å²) in [4.78, 5) is 0. The van der Waals surface area contributed by atoms with Gasteiger partial charge in [0, 0.05) is 13.1 Å². The van der Waals surface area contributed by atoms with Gasteiger partial charge in [0.25, 0.3) is 0 Å². The molecule has 0 saturated carbocycles. The molecule has 0 saturated heterocycles. The maximum absolute atomic E-state index is 5.60. The Hall–Kier alpha value is -1.26. The third-order valence-corrected chi connectivity index (χ3v) is 3.93. The standard InChI is InChI=1S/C18H30N2O2/c1-2-3-4-5-6-7-11-19-20-12-10-16-8-9-17-18(15-16)22-14-13-21-17/h8-9,15,19-20H,2-7,10-14H2,1H3. The number of fused-ring (bicyclic) bond motifs is 1. The Morgan fingerprint density at radius 1 is 0.864 bits per heavy atom. The van der Waals surface area contributed by atoms with E-state index in [1.54, 1.807) is 0 Å². The summed E-state index contributed by atoms with van der Waals surface area (Å²) < 4.78 is 11.1. The van der Waals surface area contributed by atoms with E-state index in [1.807, 2.05) is 6.07 Å². The largest absolute Gasteiger partial charge is 0.486 e. The summed E-state index contributed by atoms with van der Waals surface area (Å²) in [7, 11) is 0. The monoisotopic (exact) mass is 306 g/mol. The van der Waals surface area contributed by atoms with E-state index in [0.29, 0.717) is 13.2 Å². The topological polar surface area (TPSA) is 42.5 Å². The molecule has 2 N–H and O–H groups in total. The highest BCUT2D eigenvalue weighted by Gasteiger charge is 2.11. The van der Waals surface area contributed by atoms with Crippen molar-refractivity contribution in [3.63, 3.8) is 0 Å². The van der Waals surface area contributed by atoms with Crippen LogP contribution in [0, 0.1) is 0 Å². The van der Waals surface area contributed by atoms with E-state index in [0.717, 1.165) is 31.0 Å². The van der Waals surface area contributed by atoms with Crippen molar-refractivity contribution in [2.75, 3.05) is 26.3 Å². The molecular weight excluding hydrogens is 276 g/mol. The van der Waals surface area contributed by atoms with Crippen molar-refractivity contribution >= 4 is 0 Å². The highest BCUT2D eigenvalue weighted by atomic mass is 16.6. The summed E-state index contributed by atoms with van der Waals surface area (Å²) in [6, 6.07) is 6.21. The third-order valence-electron chi connectivity index (χ3n) is 3.93. The number of benzene rings is 1. The Morgan fingerprint density at radius 2 is 1.59 bits per heavy atom. The van der Waals surface area contributed by atoms with Gasteiger partial charge in [0.05, 0.1) is 0 Å². The first-order chi connectivity index (χ1) is 10.9. The van der Waals surface area contributed by atoms with Crippen molar-refractivity contribution in [1.82, 2.24) is 10.9 Å². The molecule has 0 aromatic heterocycles. The molecule has 1 aliphatic rings. The number of hydrogen-bond acceptors (Lipinski definition) is 4. The van der Waals surface area contributed by atoms with Gasteiger partial charge in [0.1, 0.15) is 13.2 Å². The van der Waals surface area contributed by atoms with Crippen LogP contribution in [0.5, 0.6) is 11.5 Å². The molecule has 0 spiro atoms. The molecule has 22 heavy (non-hydrogen) atoms. The number of nitrogens with one attached hydrogen (secondary N) is 2. The lowest BCUT2D eigenvalue weighted by molar-refractivity contribution is 0.171. The second-order valence-electron chi connectivity index (χ2n) is 5.85. The lowest BCUT2D eigenvalue weighted by Crippen LogP contribution is -2.34. The molecule has 1 aromatic rings. The molecule has 124 valence electrons. The van der Waals surface area contributed by atoms with Crippen molar-refractivity contribution in [2.45, 2.75) is 51.9 Å². The smallest absolute Gasteiger partial charge is 0.161 e. The molecule has 0 fully saturated rings. The van der Waals surface area contributed by atoms with Gasteiger partial charge in [-0.15, -0.1) is 0 Å². The van der Waals surface area contributed by atoms with E-state index in [-0.39, 0.29) is 0 Å². The van der Waals surface area contributed by atoms with Gasteiger partial charge in [0.15, 0.2) is 11.5 Å². The predicted molar refractivity (Wildman–Crippen MR) is 90.5 cm³/mol. The quantitative estimate of drug-likeness (QED) is 0.485. The van der Waals surface area contributed by atoms with Crippen LogP contribution in [0.15, 0.2) is 18.2 Å². The van der Waals surface area contributed by atoms with Crippen molar-refractivity contribution in [2.24, 2.45) is 0 Å². The van der Waals surface area contributed by atoms with Crippen LogP contribution in [0.4, 0.5) is 0 Å². The molecule has 0 unspecified atom stereocenters. The number of ether oxygens (including phenoxy) is 2. The highest BCUT2D eigenvalue weighted by molar-refractivity contribution is 5.43. The SMILES string of the molecule is CCCCCCCCNNCCc1ccc2c(c1)OCCO2. The number of hydrazine groups is 1. The molecule has 0 atom stereocenters. The molecular formula is C18H30N2O2. The van der Waals surface area contributed by atoms with Crippen LogP contribution in [0.25, 0.3) is 0 Å². The summed E-state index contributed by atoms with van der Waals surface area (Å²) in [5.74, 6) is 1.74. The van der Waals surface area contributed by atoms with Gasteiger partial charge < -0.3 is 9.47 Å². The summed E-state index contributed by atoms with van der Waals surface area (Å²) in [5.41, 5.74) is 7.87. The number of hydrogen-bond donors (Lipinski definition) is 2. The zero-order valence-corrected chi connectivity index (χ0v) is 13.8. The van der Waals surface area contributed by atoms with Crippen LogP contribution in [-0.2, 0) is 6.42 Å². The number of unbranched alkanes of at least 4 members (excludes halogenated alkanes) is 5. The third kappa shape index (κ3) is 6.24. The van der Waals surface area contributed by atoms with E-state index >= 15 is 0 Å². The van der Waals surface area contributed by atoms with Crippen LogP contribution < -0.4 is 20.3 Å². The Balaban J connectivity index is 1.50. The van der Waals surface area contributed by atoms with Gasteiger partial charge in [0.2, 0.25) is 0 Å². The van der Waals surface area contributed by atoms with Crippen molar-refractivity contribution < 1.29 is 9.47 Å². The first-order valence-corrected chi connectivity index (χ1v) is 8.74. The summed E-state index contributed by atoms with van der Waals surface area (Å²) in [5, 5.41) is 0. The van der Waals surface area contributed by atoms with Crippen LogP contribution in [-0.4, -0.2) is 26.3 Å². The fourth-order valence-corrected chi connectivity index (χ4v) is 2.62. The average molecular weight is 306 g/mol. The zero-order chi connectivity index (χ0) is 15.5. The molecule has 2 rings (SSSR count). The van der Waals surface area contributed by atoms with Crippen LogP contribution >= 0.6 is 0 Å². The van der Waals surface area contributed by atoms with E-state index in [4.69, 9.17) is 9.47 Å². The minimum absolute atomic E-state index is 0.647. The summed E-state index contributed by atoms with van der Waals surface area (Å²) >= 11 is 0. The molecule has 0 amide bonds. The number of rotatable bonds is 11. The lowest BCUT2D eigenvalue weighted by atomic mass is 10.1. The maximum atomic E-state index is 5.60. The van der Waals surface area contributed by atoms with E-state index < -0.39 is 0 Å². The fraction of sp³-hybridized carbons (Fsp3) is 0.667. The maximum Gasteiger partial charge on any atom is 0.161 e. The lowest BCUT2D eigenvalue weighted by Gasteiger charge is -2.18. The molecule has 1 heterocycles. The second-order valence-corrected chi connectivity index (χ2v) is 5.85. The Bertz CT molecular complexity index is 424. The van der Waals surface area contributed by atoms with Crippen LogP contribution in [0.1, 0.15) is 51.0 Å².